The third kappa shape index (κ3) is 3.37. The number of hydrogen-bond acceptors (Lipinski definition) is 6. The van der Waals surface area contributed by atoms with E-state index in [-0.39, 0.29) is 17.8 Å². The highest BCUT2D eigenvalue weighted by Gasteiger charge is 2.38. The van der Waals surface area contributed by atoms with Crippen molar-refractivity contribution in [2.75, 3.05) is 6.26 Å². The molecule has 0 aliphatic rings. The molecular weight excluding hydrogens is 341 g/mol. The Hall–Kier alpha value is -2.49. The lowest BCUT2D eigenvalue weighted by Crippen LogP contribution is -2.16. The van der Waals surface area contributed by atoms with Crippen molar-refractivity contribution in [3.05, 3.63) is 53.6 Å². The fourth-order valence-electron chi connectivity index (χ4n) is 2.14. The van der Waals surface area contributed by atoms with Crippen LogP contribution in [-0.2, 0) is 12.6 Å². The third-order valence-corrected chi connectivity index (χ3v) is 3.68. The predicted molar refractivity (Wildman–Crippen MR) is 80.8 cm³/mol. The zero-order valence-corrected chi connectivity index (χ0v) is 13.2. The van der Waals surface area contributed by atoms with Gasteiger partial charge in [0.05, 0.1) is 11.9 Å². The Bertz CT molecular complexity index is 817. The molecule has 10 heteroatoms. The summed E-state index contributed by atoms with van der Waals surface area (Å²) in [6.45, 7) is 0. The van der Waals surface area contributed by atoms with Crippen LogP contribution in [0.15, 0.2) is 41.7 Å². The van der Waals surface area contributed by atoms with Crippen LogP contribution in [0, 0.1) is 0 Å². The van der Waals surface area contributed by atoms with Crippen LogP contribution in [0.1, 0.15) is 17.1 Å². The largest absolute Gasteiger partial charge is 0.433 e. The Balaban J connectivity index is 2.00. The van der Waals surface area contributed by atoms with Crippen molar-refractivity contribution >= 4 is 11.8 Å². The lowest BCUT2D eigenvalue weighted by Gasteiger charge is -2.12. The quantitative estimate of drug-likeness (QED) is 0.673. The van der Waals surface area contributed by atoms with E-state index in [0.29, 0.717) is 10.8 Å². The predicted octanol–water partition coefficient (Wildman–Crippen LogP) is 2.78. The van der Waals surface area contributed by atoms with Gasteiger partial charge in [-0.1, -0.05) is 30.0 Å². The standard InChI is InChI=1S/C14H11F3N6S/c1-24-13-21-19-11(20-22-13)7-9-8-18-23(12(9)14(15,16)17)10-5-3-2-4-6-10/h2-6,8H,7H2,1H3. The molecule has 0 unspecified atom stereocenters. The molecule has 0 bridgehead atoms. The Morgan fingerprint density at radius 1 is 1.04 bits per heavy atom. The topological polar surface area (TPSA) is 69.4 Å². The van der Waals surface area contributed by atoms with E-state index in [1.165, 1.54) is 18.0 Å². The minimum absolute atomic E-state index is 0.0353. The van der Waals surface area contributed by atoms with Crippen LogP contribution in [0.3, 0.4) is 0 Å². The highest BCUT2D eigenvalue weighted by molar-refractivity contribution is 7.98. The number of para-hydroxylation sites is 1. The van der Waals surface area contributed by atoms with E-state index >= 15 is 0 Å². The molecule has 0 aliphatic heterocycles. The molecule has 6 nitrogen and oxygen atoms in total. The van der Waals surface area contributed by atoms with E-state index < -0.39 is 11.9 Å². The van der Waals surface area contributed by atoms with Crippen molar-refractivity contribution in [1.29, 1.82) is 0 Å². The van der Waals surface area contributed by atoms with Crippen molar-refractivity contribution in [2.45, 2.75) is 17.8 Å². The fourth-order valence-corrected chi connectivity index (χ4v) is 2.39. The Labute approximate surface area is 139 Å². The fraction of sp³-hybridized carbons (Fsp3) is 0.214. The number of thioether (sulfide) groups is 1. The summed E-state index contributed by atoms with van der Waals surface area (Å²) in [4.78, 5) is 0. The van der Waals surface area contributed by atoms with Gasteiger partial charge in [-0.05, 0) is 18.4 Å². The summed E-state index contributed by atoms with van der Waals surface area (Å²) in [5.74, 6) is 0.103. The SMILES string of the molecule is CSc1nnc(Cc2cnn(-c3ccccc3)c2C(F)(F)F)nn1. The number of alkyl halides is 3. The summed E-state index contributed by atoms with van der Waals surface area (Å²) in [5, 5.41) is 19.4. The zero-order chi connectivity index (χ0) is 17.2. The summed E-state index contributed by atoms with van der Waals surface area (Å²) in [6, 6.07) is 8.13. The number of rotatable bonds is 4. The number of benzene rings is 1. The summed E-state index contributed by atoms with van der Waals surface area (Å²) in [7, 11) is 0. The van der Waals surface area contributed by atoms with Crippen molar-refractivity contribution in [1.82, 2.24) is 30.2 Å². The summed E-state index contributed by atoms with van der Waals surface area (Å²) in [5.41, 5.74) is -0.566. The molecule has 0 fully saturated rings. The summed E-state index contributed by atoms with van der Waals surface area (Å²) < 4.78 is 41.4. The normalized spacial score (nSPS) is 11.7. The average molecular weight is 352 g/mol. The molecule has 0 saturated carbocycles. The molecule has 3 aromatic rings. The first-order valence-corrected chi connectivity index (χ1v) is 8.01. The van der Waals surface area contributed by atoms with Gasteiger partial charge in [0, 0.05) is 12.0 Å². The first-order chi connectivity index (χ1) is 11.5. The molecular formula is C14H11F3N6S. The van der Waals surface area contributed by atoms with Crippen LogP contribution in [0.2, 0.25) is 0 Å². The molecule has 3 rings (SSSR count). The van der Waals surface area contributed by atoms with Gasteiger partial charge in [-0.25, -0.2) is 4.68 Å². The first kappa shape index (κ1) is 16.4. The maximum absolute atomic E-state index is 13.5. The van der Waals surface area contributed by atoms with Crippen LogP contribution in [0.5, 0.6) is 0 Å². The van der Waals surface area contributed by atoms with E-state index in [1.807, 2.05) is 0 Å². The lowest BCUT2D eigenvalue weighted by atomic mass is 10.1. The summed E-state index contributed by atoms with van der Waals surface area (Å²) >= 11 is 1.25. The molecule has 1 aromatic carbocycles. The van der Waals surface area contributed by atoms with Crippen molar-refractivity contribution in [2.24, 2.45) is 0 Å². The molecule has 0 atom stereocenters. The molecule has 0 aliphatic carbocycles. The van der Waals surface area contributed by atoms with E-state index in [0.717, 1.165) is 4.68 Å². The van der Waals surface area contributed by atoms with Gasteiger partial charge in [0.25, 0.3) is 0 Å². The minimum Gasteiger partial charge on any atom is -0.228 e. The van der Waals surface area contributed by atoms with E-state index in [9.17, 15) is 13.2 Å². The Morgan fingerprint density at radius 2 is 1.71 bits per heavy atom. The highest BCUT2D eigenvalue weighted by Crippen LogP contribution is 2.34. The number of aromatic nitrogens is 6. The summed E-state index contributed by atoms with van der Waals surface area (Å²) in [6.07, 6.45) is -1.80. The Kier molecular flexibility index (Phi) is 4.47. The molecule has 2 aromatic heterocycles. The van der Waals surface area contributed by atoms with Crippen LogP contribution < -0.4 is 0 Å². The molecule has 24 heavy (non-hydrogen) atoms. The van der Waals surface area contributed by atoms with Crippen LogP contribution in [0.25, 0.3) is 5.69 Å². The van der Waals surface area contributed by atoms with Gasteiger partial charge in [0.2, 0.25) is 5.16 Å². The van der Waals surface area contributed by atoms with E-state index in [4.69, 9.17) is 0 Å². The second-order valence-electron chi connectivity index (χ2n) is 4.74. The van der Waals surface area contributed by atoms with Gasteiger partial charge < -0.3 is 0 Å². The van der Waals surface area contributed by atoms with Gasteiger partial charge >= 0.3 is 6.18 Å². The molecule has 0 spiro atoms. The monoisotopic (exact) mass is 352 g/mol. The van der Waals surface area contributed by atoms with Crippen molar-refractivity contribution in [3.8, 4) is 5.69 Å². The van der Waals surface area contributed by atoms with Crippen molar-refractivity contribution in [3.63, 3.8) is 0 Å². The highest BCUT2D eigenvalue weighted by atomic mass is 32.2. The van der Waals surface area contributed by atoms with Crippen LogP contribution >= 0.6 is 11.8 Å². The van der Waals surface area contributed by atoms with Gasteiger partial charge in [-0.15, -0.1) is 20.4 Å². The third-order valence-electron chi connectivity index (χ3n) is 3.15. The second-order valence-corrected chi connectivity index (χ2v) is 5.52. The smallest absolute Gasteiger partial charge is 0.228 e. The molecule has 0 amide bonds. The molecule has 124 valence electrons. The van der Waals surface area contributed by atoms with E-state index in [2.05, 4.69) is 25.5 Å². The second kappa shape index (κ2) is 6.56. The maximum atomic E-state index is 13.5. The molecule has 0 radical (unpaired) electrons. The lowest BCUT2D eigenvalue weighted by molar-refractivity contribution is -0.143. The van der Waals surface area contributed by atoms with Crippen molar-refractivity contribution < 1.29 is 13.2 Å². The van der Waals surface area contributed by atoms with Gasteiger partial charge in [-0.2, -0.15) is 18.3 Å². The number of hydrogen-bond donors (Lipinski definition) is 0. The molecule has 0 N–H and O–H groups in total. The number of halogens is 3. The van der Waals surface area contributed by atoms with Gasteiger partial charge in [0.1, 0.15) is 0 Å². The van der Waals surface area contributed by atoms with Crippen LogP contribution in [-0.4, -0.2) is 36.4 Å². The first-order valence-electron chi connectivity index (χ1n) is 6.79. The number of nitrogens with zero attached hydrogens (tertiary/aromatic N) is 6. The minimum atomic E-state index is -4.57. The van der Waals surface area contributed by atoms with E-state index in [1.54, 1.807) is 36.6 Å². The molecule has 2 heterocycles. The molecule has 0 saturated heterocycles. The average Bonchev–Trinajstić information content (AvgIpc) is 3.00. The van der Waals surface area contributed by atoms with Gasteiger partial charge in [0.15, 0.2) is 11.5 Å². The zero-order valence-electron chi connectivity index (χ0n) is 12.4. The van der Waals surface area contributed by atoms with Gasteiger partial charge in [-0.3, -0.25) is 0 Å². The Morgan fingerprint density at radius 3 is 2.29 bits per heavy atom. The maximum Gasteiger partial charge on any atom is 0.433 e. The van der Waals surface area contributed by atoms with Crippen LogP contribution in [0.4, 0.5) is 13.2 Å².